The molecule has 8 nitrogen and oxygen atoms in total. The maximum absolute atomic E-state index is 13.3. The van der Waals surface area contributed by atoms with Gasteiger partial charge in [0.2, 0.25) is 0 Å². The number of nitrogens with zero attached hydrogens (tertiary/aromatic N) is 7. The Labute approximate surface area is 175 Å². The SMILES string of the molecule is C[C@@H]1CCN(C(=O)c2ncc(C#N)cc2Cl)C[C@H]1c1cc(C(F)F)nc2ncnn12. The lowest BCUT2D eigenvalue weighted by atomic mass is 9.84. The normalized spacial score (nSPS) is 19.3. The number of likely N-dealkylation sites (tertiary alicyclic amines) is 1. The van der Waals surface area contributed by atoms with Crippen LogP contribution in [-0.4, -0.2) is 48.5 Å². The quantitative estimate of drug-likeness (QED) is 0.631. The molecule has 0 unspecified atom stereocenters. The molecule has 3 aromatic rings. The summed E-state index contributed by atoms with van der Waals surface area (Å²) in [7, 11) is 0. The van der Waals surface area contributed by atoms with Crippen LogP contribution in [0.25, 0.3) is 5.78 Å². The number of rotatable bonds is 3. The van der Waals surface area contributed by atoms with Gasteiger partial charge in [0, 0.05) is 25.2 Å². The number of halogens is 3. The molecular formula is C19H16ClF2N7O. The van der Waals surface area contributed by atoms with Crippen LogP contribution in [0.15, 0.2) is 24.7 Å². The van der Waals surface area contributed by atoms with Crippen molar-refractivity contribution in [3.05, 3.63) is 52.3 Å². The number of alkyl halides is 2. The summed E-state index contributed by atoms with van der Waals surface area (Å²) < 4.78 is 28.1. The van der Waals surface area contributed by atoms with Gasteiger partial charge < -0.3 is 4.90 Å². The van der Waals surface area contributed by atoms with Crippen LogP contribution in [-0.2, 0) is 0 Å². The zero-order chi connectivity index (χ0) is 21.4. The van der Waals surface area contributed by atoms with Gasteiger partial charge in [0.25, 0.3) is 18.1 Å². The van der Waals surface area contributed by atoms with E-state index in [1.54, 1.807) is 4.90 Å². The second-order valence-corrected chi connectivity index (χ2v) is 7.58. The highest BCUT2D eigenvalue weighted by atomic mass is 35.5. The Morgan fingerprint density at radius 1 is 1.37 bits per heavy atom. The average molecular weight is 432 g/mol. The van der Waals surface area contributed by atoms with Gasteiger partial charge >= 0.3 is 0 Å². The second-order valence-electron chi connectivity index (χ2n) is 7.17. The Bertz CT molecular complexity index is 1160. The van der Waals surface area contributed by atoms with E-state index in [2.05, 4.69) is 20.1 Å². The van der Waals surface area contributed by atoms with Crippen molar-refractivity contribution in [1.82, 2.24) is 29.5 Å². The first-order valence-electron chi connectivity index (χ1n) is 9.22. The molecule has 11 heteroatoms. The van der Waals surface area contributed by atoms with E-state index in [0.29, 0.717) is 18.7 Å². The first-order chi connectivity index (χ1) is 14.4. The number of amides is 1. The highest BCUT2D eigenvalue weighted by Crippen LogP contribution is 2.34. The molecule has 0 aromatic carbocycles. The lowest BCUT2D eigenvalue weighted by molar-refractivity contribution is 0.0659. The third-order valence-electron chi connectivity index (χ3n) is 5.32. The van der Waals surface area contributed by atoms with Gasteiger partial charge in [0.1, 0.15) is 23.8 Å². The summed E-state index contributed by atoms with van der Waals surface area (Å²) in [6.07, 6.45) is 0.466. The van der Waals surface area contributed by atoms with Gasteiger partial charge in [-0.3, -0.25) is 4.79 Å². The molecule has 1 fully saturated rings. The molecule has 0 N–H and O–H groups in total. The van der Waals surface area contributed by atoms with Crippen molar-refractivity contribution >= 4 is 23.3 Å². The molecule has 0 spiro atoms. The molecule has 0 bridgehead atoms. The van der Waals surface area contributed by atoms with E-state index >= 15 is 0 Å². The predicted molar refractivity (Wildman–Crippen MR) is 102 cm³/mol. The summed E-state index contributed by atoms with van der Waals surface area (Å²) in [6, 6.07) is 4.64. The molecule has 2 atom stereocenters. The number of fused-ring (bicyclic) bond motifs is 1. The van der Waals surface area contributed by atoms with Crippen LogP contribution in [0.1, 0.15) is 53.1 Å². The van der Waals surface area contributed by atoms with Crippen molar-refractivity contribution in [3.63, 3.8) is 0 Å². The Morgan fingerprint density at radius 3 is 2.87 bits per heavy atom. The molecule has 30 heavy (non-hydrogen) atoms. The van der Waals surface area contributed by atoms with E-state index < -0.39 is 6.43 Å². The fourth-order valence-corrected chi connectivity index (χ4v) is 3.92. The van der Waals surface area contributed by atoms with Crippen LogP contribution >= 0.6 is 11.6 Å². The average Bonchev–Trinajstić information content (AvgIpc) is 3.21. The minimum Gasteiger partial charge on any atom is -0.337 e. The highest BCUT2D eigenvalue weighted by Gasteiger charge is 2.34. The maximum atomic E-state index is 13.3. The lowest BCUT2D eigenvalue weighted by Gasteiger charge is -2.37. The van der Waals surface area contributed by atoms with Crippen LogP contribution in [0.3, 0.4) is 0 Å². The first kappa shape index (κ1) is 20.1. The lowest BCUT2D eigenvalue weighted by Crippen LogP contribution is -2.43. The van der Waals surface area contributed by atoms with Crippen molar-refractivity contribution in [2.75, 3.05) is 13.1 Å². The van der Waals surface area contributed by atoms with E-state index in [4.69, 9.17) is 16.9 Å². The first-order valence-corrected chi connectivity index (χ1v) is 9.60. The number of pyridine rings is 1. The minimum atomic E-state index is -2.75. The smallest absolute Gasteiger partial charge is 0.280 e. The highest BCUT2D eigenvalue weighted by molar-refractivity contribution is 6.33. The van der Waals surface area contributed by atoms with Crippen LogP contribution < -0.4 is 0 Å². The molecule has 1 amide bonds. The number of hydrogen-bond acceptors (Lipinski definition) is 6. The zero-order valence-corrected chi connectivity index (χ0v) is 16.6. The Balaban J connectivity index is 1.68. The predicted octanol–water partition coefficient (Wildman–Crippen LogP) is 3.25. The van der Waals surface area contributed by atoms with Crippen molar-refractivity contribution in [2.24, 2.45) is 5.92 Å². The molecule has 4 rings (SSSR count). The zero-order valence-electron chi connectivity index (χ0n) is 15.8. The van der Waals surface area contributed by atoms with E-state index in [9.17, 15) is 13.6 Å². The van der Waals surface area contributed by atoms with Gasteiger partial charge in [0.05, 0.1) is 16.3 Å². The van der Waals surface area contributed by atoms with Crippen molar-refractivity contribution < 1.29 is 13.6 Å². The molecule has 0 radical (unpaired) electrons. The fraction of sp³-hybridized carbons (Fsp3) is 0.368. The molecule has 1 aliphatic rings. The van der Waals surface area contributed by atoms with Gasteiger partial charge in [-0.2, -0.15) is 15.3 Å². The van der Waals surface area contributed by atoms with Crippen LogP contribution in [0.4, 0.5) is 8.78 Å². The summed E-state index contributed by atoms with van der Waals surface area (Å²) in [5, 5.41) is 13.2. The molecule has 154 valence electrons. The van der Waals surface area contributed by atoms with Crippen LogP contribution in [0.2, 0.25) is 5.02 Å². The molecule has 0 saturated carbocycles. The number of aromatic nitrogens is 5. The summed E-state index contributed by atoms with van der Waals surface area (Å²) in [4.78, 5) is 26.4. The van der Waals surface area contributed by atoms with E-state index in [-0.39, 0.29) is 52.0 Å². The third kappa shape index (κ3) is 3.57. The topological polar surface area (TPSA) is 100 Å². The van der Waals surface area contributed by atoms with Crippen LogP contribution in [0.5, 0.6) is 0 Å². The molecule has 1 aliphatic heterocycles. The number of carbonyl (C=O) groups excluding carboxylic acids is 1. The monoisotopic (exact) mass is 431 g/mol. The Morgan fingerprint density at radius 2 is 2.17 bits per heavy atom. The Hall–Kier alpha value is -3.19. The van der Waals surface area contributed by atoms with E-state index in [1.807, 2.05) is 13.0 Å². The third-order valence-corrected chi connectivity index (χ3v) is 5.61. The van der Waals surface area contributed by atoms with Gasteiger partial charge in [-0.15, -0.1) is 0 Å². The number of piperidine rings is 1. The van der Waals surface area contributed by atoms with E-state index in [0.717, 1.165) is 0 Å². The molecule has 3 aromatic heterocycles. The summed E-state index contributed by atoms with van der Waals surface area (Å²) >= 11 is 6.15. The fourth-order valence-electron chi connectivity index (χ4n) is 3.68. The van der Waals surface area contributed by atoms with E-state index in [1.165, 1.54) is 29.2 Å². The summed E-state index contributed by atoms with van der Waals surface area (Å²) in [6.45, 7) is 2.76. The van der Waals surface area contributed by atoms with Gasteiger partial charge in [-0.25, -0.2) is 23.3 Å². The number of carbonyl (C=O) groups is 1. The summed E-state index contributed by atoms with van der Waals surface area (Å²) in [5.74, 6) is -0.432. The molecule has 4 heterocycles. The van der Waals surface area contributed by atoms with Gasteiger partial charge in [-0.1, -0.05) is 18.5 Å². The Kier molecular flexibility index (Phi) is 5.30. The minimum absolute atomic E-state index is 0.0536. The molecule has 0 aliphatic carbocycles. The van der Waals surface area contributed by atoms with Crippen molar-refractivity contribution in [2.45, 2.75) is 25.7 Å². The number of hydrogen-bond donors (Lipinski definition) is 0. The van der Waals surface area contributed by atoms with Crippen LogP contribution in [0, 0.1) is 17.2 Å². The van der Waals surface area contributed by atoms with Gasteiger partial charge in [0.15, 0.2) is 0 Å². The molecular weight excluding hydrogens is 416 g/mol. The number of nitriles is 1. The largest absolute Gasteiger partial charge is 0.337 e. The van der Waals surface area contributed by atoms with Crippen molar-refractivity contribution in [3.8, 4) is 6.07 Å². The van der Waals surface area contributed by atoms with Crippen molar-refractivity contribution in [1.29, 1.82) is 5.26 Å². The molecule has 1 saturated heterocycles. The van der Waals surface area contributed by atoms with Gasteiger partial charge in [-0.05, 0) is 24.5 Å². The maximum Gasteiger partial charge on any atom is 0.280 e. The second kappa shape index (κ2) is 7.91. The summed E-state index contributed by atoms with van der Waals surface area (Å²) in [5.41, 5.74) is 0.457. The standard InChI is InChI=1S/C19H16ClF2N7O/c1-10-2-3-28(18(30)16-13(20)4-11(6-23)7-24-16)8-12(10)15-5-14(17(21)22)27-19-25-9-26-29(15)19/h4-5,7,9-10,12,17H,2-3,8H2,1H3/t10-,12-/m1/s1.